The molecule has 4 nitrogen and oxygen atoms in total. The summed E-state index contributed by atoms with van der Waals surface area (Å²) in [6.45, 7) is 0.842. The van der Waals surface area contributed by atoms with Gasteiger partial charge in [-0.2, -0.15) is 5.10 Å². The van der Waals surface area contributed by atoms with Crippen LogP contribution in [0.25, 0.3) is 0 Å². The van der Waals surface area contributed by atoms with Crippen LogP contribution in [0, 0.1) is 5.82 Å². The van der Waals surface area contributed by atoms with E-state index < -0.39 is 0 Å². The first-order valence-corrected chi connectivity index (χ1v) is 5.76. The number of amides is 1. The van der Waals surface area contributed by atoms with Crippen molar-refractivity contribution in [1.82, 2.24) is 15.1 Å². The minimum Gasteiger partial charge on any atom is -0.334 e. The topological polar surface area (TPSA) is 49.0 Å². The van der Waals surface area contributed by atoms with Crippen molar-refractivity contribution < 1.29 is 9.18 Å². The molecule has 0 aliphatic carbocycles. The predicted molar refractivity (Wildman–Crippen MR) is 62.9 cm³/mol. The van der Waals surface area contributed by atoms with Gasteiger partial charge in [-0.25, -0.2) is 4.39 Å². The Bertz CT molecular complexity index is 580. The zero-order valence-corrected chi connectivity index (χ0v) is 9.69. The zero-order valence-electron chi connectivity index (χ0n) is 9.69. The Balaban J connectivity index is 1.74. The van der Waals surface area contributed by atoms with Gasteiger partial charge in [-0.1, -0.05) is 12.1 Å². The Kier molecular flexibility index (Phi) is 2.59. The van der Waals surface area contributed by atoms with Crippen molar-refractivity contribution >= 4 is 5.91 Å². The highest BCUT2D eigenvalue weighted by Crippen LogP contribution is 2.25. The van der Waals surface area contributed by atoms with E-state index in [0.717, 1.165) is 11.3 Å². The number of aromatic amines is 1. The van der Waals surface area contributed by atoms with Crippen LogP contribution in [0.5, 0.6) is 0 Å². The Hall–Kier alpha value is -2.17. The summed E-state index contributed by atoms with van der Waals surface area (Å²) in [6.07, 6.45) is 1.89. The van der Waals surface area contributed by atoms with Crippen LogP contribution < -0.4 is 0 Å². The molecule has 18 heavy (non-hydrogen) atoms. The SMILES string of the molecule is O=C(Cc1ccn[nH]1)N1Cc2cccc(F)c2C1. The van der Waals surface area contributed by atoms with Gasteiger partial charge in [0.1, 0.15) is 5.82 Å². The van der Waals surface area contributed by atoms with Crippen molar-refractivity contribution in [2.75, 3.05) is 0 Å². The van der Waals surface area contributed by atoms with E-state index in [1.54, 1.807) is 23.2 Å². The van der Waals surface area contributed by atoms with E-state index >= 15 is 0 Å². The second-order valence-electron chi connectivity index (χ2n) is 4.39. The fourth-order valence-corrected chi connectivity index (χ4v) is 2.22. The van der Waals surface area contributed by atoms with Gasteiger partial charge in [0, 0.05) is 30.5 Å². The van der Waals surface area contributed by atoms with Gasteiger partial charge in [0.05, 0.1) is 6.42 Å². The Morgan fingerprint density at radius 1 is 1.39 bits per heavy atom. The maximum atomic E-state index is 13.6. The number of benzene rings is 1. The minimum atomic E-state index is -0.232. The highest BCUT2D eigenvalue weighted by atomic mass is 19.1. The Morgan fingerprint density at radius 2 is 2.28 bits per heavy atom. The molecule has 3 rings (SSSR count). The number of hydrogen-bond donors (Lipinski definition) is 1. The molecule has 0 saturated carbocycles. The van der Waals surface area contributed by atoms with E-state index in [1.807, 2.05) is 6.07 Å². The average molecular weight is 245 g/mol. The number of nitrogens with zero attached hydrogens (tertiary/aromatic N) is 2. The molecule has 0 atom stereocenters. The van der Waals surface area contributed by atoms with Crippen molar-refractivity contribution in [2.45, 2.75) is 19.5 Å². The minimum absolute atomic E-state index is 0.0187. The number of rotatable bonds is 2. The van der Waals surface area contributed by atoms with Gasteiger partial charge in [-0.05, 0) is 17.7 Å². The molecule has 2 aromatic rings. The lowest BCUT2D eigenvalue weighted by Crippen LogP contribution is -2.27. The fourth-order valence-electron chi connectivity index (χ4n) is 2.22. The smallest absolute Gasteiger partial charge is 0.229 e. The molecule has 0 bridgehead atoms. The molecule has 0 spiro atoms. The molecule has 1 amide bonds. The maximum Gasteiger partial charge on any atom is 0.229 e. The lowest BCUT2D eigenvalue weighted by atomic mass is 10.1. The van der Waals surface area contributed by atoms with E-state index in [0.29, 0.717) is 18.7 Å². The lowest BCUT2D eigenvalue weighted by molar-refractivity contribution is -0.131. The van der Waals surface area contributed by atoms with Crippen molar-refractivity contribution in [1.29, 1.82) is 0 Å². The molecule has 0 fully saturated rings. The molecule has 2 heterocycles. The third-order valence-electron chi connectivity index (χ3n) is 3.18. The predicted octanol–water partition coefficient (Wildman–Crippen LogP) is 1.63. The standard InChI is InChI=1S/C13H12FN3O/c14-12-3-1-2-9-7-17(8-11(9)12)13(18)6-10-4-5-15-16-10/h1-5H,6-8H2,(H,15,16). The van der Waals surface area contributed by atoms with E-state index in [1.165, 1.54) is 6.07 Å². The number of aromatic nitrogens is 2. The molecule has 0 unspecified atom stereocenters. The fraction of sp³-hybridized carbons (Fsp3) is 0.231. The monoisotopic (exact) mass is 245 g/mol. The third-order valence-corrected chi connectivity index (χ3v) is 3.18. The van der Waals surface area contributed by atoms with Crippen LogP contribution in [0.4, 0.5) is 4.39 Å². The van der Waals surface area contributed by atoms with E-state index in [2.05, 4.69) is 10.2 Å². The first-order chi connectivity index (χ1) is 8.74. The quantitative estimate of drug-likeness (QED) is 0.874. The third kappa shape index (κ3) is 1.88. The van der Waals surface area contributed by atoms with Gasteiger partial charge < -0.3 is 4.90 Å². The molecule has 1 aromatic carbocycles. The summed E-state index contributed by atoms with van der Waals surface area (Å²) in [5.41, 5.74) is 2.31. The van der Waals surface area contributed by atoms with E-state index in [-0.39, 0.29) is 18.1 Å². The number of H-pyrrole nitrogens is 1. The number of carbonyl (C=O) groups excluding carboxylic acids is 1. The summed E-state index contributed by atoms with van der Waals surface area (Å²) >= 11 is 0. The van der Waals surface area contributed by atoms with Gasteiger partial charge in [0.2, 0.25) is 5.91 Å². The zero-order chi connectivity index (χ0) is 12.5. The van der Waals surface area contributed by atoms with Crippen LogP contribution in [0.15, 0.2) is 30.5 Å². The van der Waals surface area contributed by atoms with Gasteiger partial charge in [-0.15, -0.1) is 0 Å². The number of hydrogen-bond acceptors (Lipinski definition) is 2. The maximum absolute atomic E-state index is 13.6. The Labute approximate surface area is 103 Å². The van der Waals surface area contributed by atoms with Crippen LogP contribution in [0.2, 0.25) is 0 Å². The van der Waals surface area contributed by atoms with Crippen LogP contribution in [-0.2, 0) is 24.3 Å². The number of fused-ring (bicyclic) bond motifs is 1. The first kappa shape index (κ1) is 11.0. The van der Waals surface area contributed by atoms with Gasteiger partial charge >= 0.3 is 0 Å². The molecule has 0 saturated heterocycles. The van der Waals surface area contributed by atoms with Crippen LogP contribution in [0.1, 0.15) is 16.8 Å². The molecule has 92 valence electrons. The van der Waals surface area contributed by atoms with Gasteiger partial charge in [0.25, 0.3) is 0 Å². The molecule has 5 heteroatoms. The summed E-state index contributed by atoms with van der Waals surface area (Å²) in [7, 11) is 0. The normalized spacial score (nSPS) is 13.7. The second kappa shape index (κ2) is 4.25. The van der Waals surface area contributed by atoms with Crippen molar-refractivity contribution in [3.05, 3.63) is 53.1 Å². The molecular formula is C13H12FN3O. The van der Waals surface area contributed by atoms with Gasteiger partial charge in [0.15, 0.2) is 0 Å². The summed E-state index contributed by atoms with van der Waals surface area (Å²) in [5, 5.41) is 6.55. The second-order valence-corrected chi connectivity index (χ2v) is 4.39. The molecular weight excluding hydrogens is 233 g/mol. The van der Waals surface area contributed by atoms with Crippen LogP contribution >= 0.6 is 0 Å². The summed E-state index contributed by atoms with van der Waals surface area (Å²) in [4.78, 5) is 13.7. The molecule has 1 aliphatic heterocycles. The van der Waals surface area contributed by atoms with Crippen molar-refractivity contribution in [3.8, 4) is 0 Å². The largest absolute Gasteiger partial charge is 0.334 e. The molecule has 1 aliphatic rings. The summed E-state index contributed by atoms with van der Waals surface area (Å²) in [5.74, 6) is -0.251. The molecule has 0 radical (unpaired) electrons. The van der Waals surface area contributed by atoms with E-state index in [4.69, 9.17) is 0 Å². The number of nitrogens with one attached hydrogen (secondary N) is 1. The average Bonchev–Trinajstić information content (AvgIpc) is 2.97. The van der Waals surface area contributed by atoms with E-state index in [9.17, 15) is 9.18 Å². The van der Waals surface area contributed by atoms with Crippen LogP contribution in [0.3, 0.4) is 0 Å². The Morgan fingerprint density at radius 3 is 3.00 bits per heavy atom. The van der Waals surface area contributed by atoms with Crippen molar-refractivity contribution in [3.63, 3.8) is 0 Å². The number of carbonyl (C=O) groups is 1. The first-order valence-electron chi connectivity index (χ1n) is 5.76. The molecule has 1 aromatic heterocycles. The number of halogens is 1. The van der Waals surface area contributed by atoms with Crippen molar-refractivity contribution in [2.24, 2.45) is 0 Å². The summed E-state index contributed by atoms with van der Waals surface area (Å²) < 4.78 is 13.6. The highest BCUT2D eigenvalue weighted by Gasteiger charge is 2.25. The summed E-state index contributed by atoms with van der Waals surface area (Å²) in [6, 6.07) is 6.74. The highest BCUT2D eigenvalue weighted by molar-refractivity contribution is 5.79. The lowest BCUT2D eigenvalue weighted by Gasteiger charge is -2.14. The molecule has 1 N–H and O–H groups in total. The van der Waals surface area contributed by atoms with Gasteiger partial charge in [-0.3, -0.25) is 9.89 Å². The van der Waals surface area contributed by atoms with Crippen LogP contribution in [-0.4, -0.2) is 21.0 Å².